The van der Waals surface area contributed by atoms with E-state index in [9.17, 15) is 8.42 Å². The van der Waals surface area contributed by atoms with Crippen molar-refractivity contribution in [3.8, 4) is 0 Å². The molecule has 2 heterocycles. The lowest BCUT2D eigenvalue weighted by molar-refractivity contribution is 0.402. The molecule has 0 amide bonds. The second-order valence-corrected chi connectivity index (χ2v) is 8.11. The molecule has 0 spiro atoms. The first-order chi connectivity index (χ1) is 9.94. The van der Waals surface area contributed by atoms with Gasteiger partial charge in [-0.3, -0.25) is 4.40 Å². The van der Waals surface area contributed by atoms with Crippen LogP contribution in [0.1, 0.15) is 26.7 Å². The Labute approximate surface area is 127 Å². The number of sulfonamides is 1. The van der Waals surface area contributed by atoms with E-state index in [4.69, 9.17) is 5.84 Å². The molecule has 3 unspecified atom stereocenters. The van der Waals surface area contributed by atoms with Crippen molar-refractivity contribution in [3.05, 3.63) is 11.6 Å². The highest BCUT2D eigenvalue weighted by Crippen LogP contribution is 2.33. The van der Waals surface area contributed by atoms with E-state index >= 15 is 0 Å². The molecule has 116 valence electrons. The number of hydrogen-bond donors (Lipinski definition) is 3. The van der Waals surface area contributed by atoms with Gasteiger partial charge in [0, 0.05) is 17.6 Å². The first-order valence-electron chi connectivity index (χ1n) is 6.88. The molecule has 1 fully saturated rings. The smallest absolute Gasteiger partial charge is 0.260 e. The van der Waals surface area contributed by atoms with Crippen LogP contribution in [0.25, 0.3) is 4.96 Å². The maximum absolute atomic E-state index is 12.7. The second-order valence-electron chi connectivity index (χ2n) is 5.61. The summed E-state index contributed by atoms with van der Waals surface area (Å²) in [6.07, 6.45) is 3.58. The van der Waals surface area contributed by atoms with E-state index in [1.165, 1.54) is 11.3 Å². The fourth-order valence-corrected chi connectivity index (χ4v) is 5.28. The minimum absolute atomic E-state index is 0.0418. The van der Waals surface area contributed by atoms with E-state index in [1.54, 1.807) is 16.0 Å². The third-order valence-electron chi connectivity index (χ3n) is 4.38. The lowest BCUT2D eigenvalue weighted by Crippen LogP contribution is -2.38. The van der Waals surface area contributed by atoms with Gasteiger partial charge >= 0.3 is 0 Å². The van der Waals surface area contributed by atoms with Gasteiger partial charge in [-0.2, -0.15) is 4.98 Å². The molecule has 1 saturated carbocycles. The van der Waals surface area contributed by atoms with Gasteiger partial charge < -0.3 is 5.43 Å². The molecule has 9 heteroatoms. The number of nitrogens with two attached hydrogens (primary N) is 1. The van der Waals surface area contributed by atoms with E-state index in [0.717, 1.165) is 12.8 Å². The van der Waals surface area contributed by atoms with E-state index in [-0.39, 0.29) is 16.9 Å². The first-order valence-corrected chi connectivity index (χ1v) is 9.25. The van der Waals surface area contributed by atoms with E-state index in [2.05, 4.69) is 29.0 Å². The van der Waals surface area contributed by atoms with E-state index in [0.29, 0.717) is 16.8 Å². The Kier molecular flexibility index (Phi) is 3.68. The van der Waals surface area contributed by atoms with Crippen molar-refractivity contribution in [3.63, 3.8) is 0 Å². The summed E-state index contributed by atoms with van der Waals surface area (Å²) in [6, 6.07) is -0.0418. The van der Waals surface area contributed by atoms with Crippen LogP contribution in [0, 0.1) is 11.8 Å². The number of rotatable bonds is 4. The van der Waals surface area contributed by atoms with Crippen molar-refractivity contribution >= 4 is 32.1 Å². The van der Waals surface area contributed by atoms with Crippen LogP contribution in [0.15, 0.2) is 16.6 Å². The molecule has 3 atom stereocenters. The van der Waals surface area contributed by atoms with Crippen molar-refractivity contribution in [1.82, 2.24) is 14.1 Å². The molecular formula is C12H19N5O2S2. The Balaban J connectivity index is 1.98. The minimum atomic E-state index is -3.68. The molecule has 1 aliphatic rings. The summed E-state index contributed by atoms with van der Waals surface area (Å²) in [5.41, 5.74) is 2.38. The van der Waals surface area contributed by atoms with Crippen LogP contribution in [0.4, 0.5) is 5.82 Å². The summed E-state index contributed by atoms with van der Waals surface area (Å²) in [6.45, 7) is 4.24. The third kappa shape index (κ3) is 2.44. The number of aromatic nitrogens is 2. The summed E-state index contributed by atoms with van der Waals surface area (Å²) in [5.74, 6) is 6.43. The number of nitrogens with one attached hydrogen (secondary N) is 2. The molecule has 0 saturated heterocycles. The van der Waals surface area contributed by atoms with Gasteiger partial charge in [-0.05, 0) is 24.7 Å². The van der Waals surface area contributed by atoms with Crippen molar-refractivity contribution in [2.75, 3.05) is 5.43 Å². The highest BCUT2D eigenvalue weighted by molar-refractivity contribution is 7.89. The van der Waals surface area contributed by atoms with Gasteiger partial charge in [0.05, 0.1) is 0 Å². The van der Waals surface area contributed by atoms with Crippen LogP contribution in [-0.4, -0.2) is 23.8 Å². The monoisotopic (exact) mass is 329 g/mol. The lowest BCUT2D eigenvalue weighted by atomic mass is 9.98. The van der Waals surface area contributed by atoms with Crippen LogP contribution in [0.3, 0.4) is 0 Å². The third-order valence-corrected chi connectivity index (χ3v) is 6.65. The Morgan fingerprint density at radius 2 is 2.19 bits per heavy atom. The van der Waals surface area contributed by atoms with E-state index in [1.807, 2.05) is 0 Å². The quantitative estimate of drug-likeness (QED) is 0.581. The number of fused-ring (bicyclic) bond motifs is 1. The molecule has 2 aromatic heterocycles. The number of nitrogen functional groups attached to an aromatic ring is 1. The summed E-state index contributed by atoms with van der Waals surface area (Å²) < 4.78 is 29.8. The zero-order valence-electron chi connectivity index (χ0n) is 11.9. The predicted octanol–water partition coefficient (Wildman–Crippen LogP) is 1.39. The van der Waals surface area contributed by atoms with Crippen LogP contribution in [0.2, 0.25) is 0 Å². The number of thiazole rings is 1. The summed E-state index contributed by atoms with van der Waals surface area (Å²) in [7, 11) is -3.68. The molecule has 2 aromatic rings. The maximum Gasteiger partial charge on any atom is 0.260 e. The number of anilines is 1. The highest BCUT2D eigenvalue weighted by Gasteiger charge is 2.35. The zero-order valence-corrected chi connectivity index (χ0v) is 13.5. The molecule has 21 heavy (non-hydrogen) atoms. The largest absolute Gasteiger partial charge is 0.306 e. The Morgan fingerprint density at radius 3 is 2.81 bits per heavy atom. The average molecular weight is 329 g/mol. The SMILES string of the molecule is CC1CCC(NS(=O)(=O)c2c(NN)nc3sccn23)C1C. The van der Waals surface area contributed by atoms with Gasteiger partial charge in [0.25, 0.3) is 10.0 Å². The van der Waals surface area contributed by atoms with Gasteiger partial charge in [0.2, 0.25) is 5.03 Å². The van der Waals surface area contributed by atoms with Crippen molar-refractivity contribution in [2.24, 2.45) is 17.7 Å². The lowest BCUT2D eigenvalue weighted by Gasteiger charge is -2.19. The Bertz CT molecular complexity index is 751. The van der Waals surface area contributed by atoms with Gasteiger partial charge in [-0.1, -0.05) is 13.8 Å². The normalized spacial score (nSPS) is 26.5. The topological polar surface area (TPSA) is 102 Å². The average Bonchev–Trinajstić information content (AvgIpc) is 3.08. The fraction of sp³-hybridized carbons (Fsp3) is 0.583. The van der Waals surface area contributed by atoms with Gasteiger partial charge in [-0.25, -0.2) is 19.0 Å². The molecule has 0 aromatic carbocycles. The number of hydrazine groups is 1. The van der Waals surface area contributed by atoms with E-state index < -0.39 is 10.0 Å². The first kappa shape index (κ1) is 14.8. The summed E-state index contributed by atoms with van der Waals surface area (Å²) in [4.78, 5) is 4.79. The van der Waals surface area contributed by atoms with Crippen LogP contribution >= 0.6 is 11.3 Å². The van der Waals surface area contributed by atoms with Gasteiger partial charge in [0.15, 0.2) is 10.8 Å². The molecule has 1 aliphatic carbocycles. The van der Waals surface area contributed by atoms with Gasteiger partial charge in [-0.15, -0.1) is 11.3 Å². The number of hydrogen-bond acceptors (Lipinski definition) is 6. The zero-order chi connectivity index (χ0) is 15.2. The predicted molar refractivity (Wildman–Crippen MR) is 82.6 cm³/mol. The molecule has 0 aliphatic heterocycles. The molecule has 0 bridgehead atoms. The minimum Gasteiger partial charge on any atom is -0.306 e. The maximum atomic E-state index is 12.7. The number of nitrogens with zero attached hydrogens (tertiary/aromatic N) is 2. The molecular weight excluding hydrogens is 310 g/mol. The Morgan fingerprint density at radius 1 is 1.43 bits per heavy atom. The van der Waals surface area contributed by atoms with Crippen molar-refractivity contribution < 1.29 is 8.42 Å². The summed E-state index contributed by atoms with van der Waals surface area (Å²) >= 11 is 1.36. The van der Waals surface area contributed by atoms with Crippen LogP contribution in [0.5, 0.6) is 0 Å². The standard InChI is InChI=1S/C12H19N5O2S2/c1-7-3-4-9(8(7)2)16-21(18,19)11-10(15-13)14-12-17(11)5-6-20-12/h5-9,15-16H,3-4,13H2,1-2H3. The molecule has 0 radical (unpaired) electrons. The number of imidazole rings is 1. The summed E-state index contributed by atoms with van der Waals surface area (Å²) in [5, 5.41) is 1.87. The highest BCUT2D eigenvalue weighted by atomic mass is 32.2. The Hall–Kier alpha value is -1.16. The van der Waals surface area contributed by atoms with Gasteiger partial charge in [0.1, 0.15) is 0 Å². The second kappa shape index (κ2) is 5.24. The van der Waals surface area contributed by atoms with Crippen molar-refractivity contribution in [2.45, 2.75) is 37.8 Å². The van der Waals surface area contributed by atoms with Crippen LogP contribution in [-0.2, 0) is 10.0 Å². The van der Waals surface area contributed by atoms with Crippen LogP contribution < -0.4 is 16.0 Å². The molecule has 7 nitrogen and oxygen atoms in total. The molecule has 3 rings (SSSR count). The molecule has 4 N–H and O–H groups in total. The fourth-order valence-electron chi connectivity index (χ4n) is 2.90. The van der Waals surface area contributed by atoms with Crippen molar-refractivity contribution in [1.29, 1.82) is 0 Å².